The van der Waals surface area contributed by atoms with E-state index >= 15 is 0 Å². The molecular weight excluding hydrogens is 341 g/mol. The lowest BCUT2D eigenvalue weighted by molar-refractivity contribution is 0.432. The number of aromatic amines is 1. The first kappa shape index (κ1) is 17.4. The minimum Gasteiger partial charge on any atom is -0.494 e. The lowest BCUT2D eigenvalue weighted by Crippen LogP contribution is -2.19. The van der Waals surface area contributed by atoms with Crippen molar-refractivity contribution in [1.82, 2.24) is 9.55 Å². The summed E-state index contributed by atoms with van der Waals surface area (Å²) in [5.74, 6) is -0.991. The van der Waals surface area contributed by atoms with Crippen molar-refractivity contribution in [2.75, 3.05) is 0 Å². The molecule has 0 fully saturated rings. The fourth-order valence-corrected chi connectivity index (χ4v) is 2.24. The van der Waals surface area contributed by atoms with Crippen LogP contribution < -0.4 is 5.56 Å². The quantitative estimate of drug-likeness (QED) is 0.638. The molecule has 0 radical (unpaired) electrons. The second kappa shape index (κ2) is 6.25. The third-order valence-corrected chi connectivity index (χ3v) is 3.44. The normalized spacial score (nSPS) is 12.0. The molecule has 0 spiro atoms. The molecule has 2 aromatic rings. The van der Waals surface area contributed by atoms with Gasteiger partial charge in [0, 0.05) is 6.21 Å². The van der Waals surface area contributed by atoms with Gasteiger partial charge in [-0.05, 0) is 51.2 Å². The van der Waals surface area contributed by atoms with Gasteiger partial charge in [0.15, 0.2) is 4.77 Å². The van der Waals surface area contributed by atoms with Crippen LogP contribution in [0.2, 0.25) is 5.02 Å². The Labute approximate surface area is 142 Å². The summed E-state index contributed by atoms with van der Waals surface area (Å²) in [6.07, 6.45) is 1.28. The Morgan fingerprint density at radius 2 is 2.09 bits per heavy atom. The van der Waals surface area contributed by atoms with E-state index in [4.69, 9.17) is 23.8 Å². The molecule has 5 nitrogen and oxygen atoms in total. The minimum atomic E-state index is -0.597. The summed E-state index contributed by atoms with van der Waals surface area (Å²) in [4.78, 5) is 18.7. The zero-order valence-electron chi connectivity index (χ0n) is 12.7. The molecule has 122 valence electrons. The maximum absolute atomic E-state index is 13.3. The van der Waals surface area contributed by atoms with Crippen LogP contribution in [0, 0.1) is 10.6 Å². The van der Waals surface area contributed by atoms with Crippen LogP contribution in [0.1, 0.15) is 26.3 Å². The van der Waals surface area contributed by atoms with E-state index in [0.29, 0.717) is 5.69 Å². The summed E-state index contributed by atoms with van der Waals surface area (Å²) >= 11 is 10.8. The van der Waals surface area contributed by atoms with Gasteiger partial charge in [0.05, 0.1) is 16.2 Å². The topological polar surface area (TPSA) is 70.4 Å². The number of halogens is 2. The van der Waals surface area contributed by atoms with Crippen LogP contribution in [-0.4, -0.2) is 26.4 Å². The predicted molar refractivity (Wildman–Crippen MR) is 91.2 cm³/mol. The number of hydrogen-bond acceptors (Lipinski definition) is 4. The molecule has 0 saturated carbocycles. The van der Waals surface area contributed by atoms with Crippen LogP contribution in [0.15, 0.2) is 28.0 Å². The maximum atomic E-state index is 13.3. The molecule has 0 amide bonds. The van der Waals surface area contributed by atoms with E-state index in [-0.39, 0.29) is 15.4 Å². The van der Waals surface area contributed by atoms with Crippen LogP contribution >= 0.6 is 23.8 Å². The first-order chi connectivity index (χ1) is 10.6. The van der Waals surface area contributed by atoms with Crippen LogP contribution in [0.5, 0.6) is 5.88 Å². The number of nitrogens with zero attached hydrogens (tertiary/aromatic N) is 2. The van der Waals surface area contributed by atoms with Gasteiger partial charge in [0.2, 0.25) is 5.88 Å². The van der Waals surface area contributed by atoms with Gasteiger partial charge in [-0.1, -0.05) is 11.6 Å². The molecule has 0 atom stereocenters. The largest absolute Gasteiger partial charge is 0.494 e. The van der Waals surface area contributed by atoms with Crippen molar-refractivity contribution in [2.24, 2.45) is 4.99 Å². The highest BCUT2D eigenvalue weighted by molar-refractivity contribution is 7.71. The van der Waals surface area contributed by atoms with E-state index in [1.807, 2.05) is 20.8 Å². The molecule has 0 unspecified atom stereocenters. The number of aromatic hydroxyl groups is 1. The number of aliphatic imine (C=N–C) groups is 1. The molecule has 0 aliphatic carbocycles. The van der Waals surface area contributed by atoms with Crippen molar-refractivity contribution in [3.63, 3.8) is 0 Å². The van der Waals surface area contributed by atoms with Crippen LogP contribution in [-0.2, 0) is 0 Å². The van der Waals surface area contributed by atoms with Crippen LogP contribution in [0.25, 0.3) is 5.69 Å². The van der Waals surface area contributed by atoms with Crippen molar-refractivity contribution in [2.45, 2.75) is 26.3 Å². The first-order valence-corrected chi connectivity index (χ1v) is 7.48. The van der Waals surface area contributed by atoms with E-state index < -0.39 is 22.8 Å². The third-order valence-electron chi connectivity index (χ3n) is 2.86. The second-order valence-electron chi connectivity index (χ2n) is 5.86. The van der Waals surface area contributed by atoms with E-state index in [1.165, 1.54) is 22.9 Å². The van der Waals surface area contributed by atoms with Crippen molar-refractivity contribution < 1.29 is 9.50 Å². The lowest BCUT2D eigenvalue weighted by atomic mass is 10.1. The number of rotatable bonds is 2. The summed E-state index contributed by atoms with van der Waals surface area (Å²) in [5.41, 5.74) is -0.713. The Bertz CT molecular complexity index is 897. The highest BCUT2D eigenvalue weighted by atomic mass is 35.5. The number of benzene rings is 1. The molecular formula is C15H15ClFN3O2S. The molecule has 0 bridgehead atoms. The van der Waals surface area contributed by atoms with Crippen LogP contribution in [0.3, 0.4) is 0 Å². The van der Waals surface area contributed by atoms with Gasteiger partial charge in [-0.3, -0.25) is 19.3 Å². The Morgan fingerprint density at radius 1 is 1.43 bits per heavy atom. The smallest absolute Gasteiger partial charge is 0.264 e. The molecule has 1 aromatic carbocycles. The fourth-order valence-electron chi connectivity index (χ4n) is 1.78. The van der Waals surface area contributed by atoms with E-state index in [1.54, 1.807) is 0 Å². The maximum Gasteiger partial charge on any atom is 0.264 e. The van der Waals surface area contributed by atoms with Crippen molar-refractivity contribution in [3.05, 3.63) is 49.7 Å². The standard InChI is InChI=1S/C15H15ClFN3O2S/c1-15(2,3)18-7-9-12(21)19-14(23)20(13(9)22)8-4-5-11(17)10(16)6-8/h4-7,22H,1-3H3,(H,19,21,23). The molecule has 1 heterocycles. The summed E-state index contributed by atoms with van der Waals surface area (Å²) in [7, 11) is 0. The first-order valence-electron chi connectivity index (χ1n) is 6.69. The van der Waals surface area contributed by atoms with Gasteiger partial charge in [-0.2, -0.15) is 0 Å². The van der Waals surface area contributed by atoms with Gasteiger partial charge in [0.25, 0.3) is 5.56 Å². The van der Waals surface area contributed by atoms with Crippen molar-refractivity contribution in [3.8, 4) is 11.6 Å². The fraction of sp³-hybridized carbons (Fsp3) is 0.267. The lowest BCUT2D eigenvalue weighted by Gasteiger charge is -2.13. The summed E-state index contributed by atoms with van der Waals surface area (Å²) < 4.78 is 14.4. The Kier molecular flexibility index (Phi) is 4.72. The molecule has 2 rings (SSSR count). The third kappa shape index (κ3) is 3.86. The van der Waals surface area contributed by atoms with E-state index in [2.05, 4.69) is 9.98 Å². The molecule has 0 aliphatic rings. The van der Waals surface area contributed by atoms with Crippen molar-refractivity contribution >= 4 is 30.0 Å². The van der Waals surface area contributed by atoms with Gasteiger partial charge >= 0.3 is 0 Å². The summed E-state index contributed by atoms with van der Waals surface area (Å²) in [6.45, 7) is 5.55. The molecule has 23 heavy (non-hydrogen) atoms. The van der Waals surface area contributed by atoms with Gasteiger partial charge in [-0.15, -0.1) is 0 Å². The van der Waals surface area contributed by atoms with E-state index in [9.17, 15) is 14.3 Å². The Balaban J connectivity index is 2.70. The van der Waals surface area contributed by atoms with Crippen molar-refractivity contribution in [1.29, 1.82) is 0 Å². The number of H-pyrrole nitrogens is 1. The predicted octanol–water partition coefficient (Wildman–Crippen LogP) is 3.61. The van der Waals surface area contributed by atoms with E-state index in [0.717, 1.165) is 6.07 Å². The highest BCUT2D eigenvalue weighted by Gasteiger charge is 2.15. The second-order valence-corrected chi connectivity index (χ2v) is 6.65. The zero-order valence-corrected chi connectivity index (χ0v) is 14.3. The van der Waals surface area contributed by atoms with Gasteiger partial charge in [-0.25, -0.2) is 4.39 Å². The monoisotopic (exact) mass is 355 g/mol. The van der Waals surface area contributed by atoms with Crippen LogP contribution in [0.4, 0.5) is 4.39 Å². The summed E-state index contributed by atoms with van der Waals surface area (Å²) in [6, 6.07) is 3.84. The Hall–Kier alpha value is -1.99. The highest BCUT2D eigenvalue weighted by Crippen LogP contribution is 2.23. The molecule has 0 saturated heterocycles. The minimum absolute atomic E-state index is 0.0388. The number of nitrogens with one attached hydrogen (secondary N) is 1. The average Bonchev–Trinajstić information content (AvgIpc) is 2.40. The molecule has 1 aromatic heterocycles. The van der Waals surface area contributed by atoms with Gasteiger partial charge in [0.1, 0.15) is 11.4 Å². The Morgan fingerprint density at radius 3 is 2.65 bits per heavy atom. The molecule has 2 N–H and O–H groups in total. The molecule has 0 aliphatic heterocycles. The number of hydrogen-bond donors (Lipinski definition) is 2. The zero-order chi connectivity index (χ0) is 17.4. The number of aromatic nitrogens is 2. The molecule has 8 heteroatoms. The summed E-state index contributed by atoms with van der Waals surface area (Å²) in [5, 5.41) is 10.3. The van der Waals surface area contributed by atoms with Gasteiger partial charge < -0.3 is 5.11 Å². The SMILES string of the molecule is CC(C)(C)N=Cc1c(O)n(-c2ccc(F)c(Cl)c2)c(=S)[nH]c1=O. The average molecular weight is 356 g/mol.